The average Bonchev–Trinajstić information content (AvgIpc) is 3.36. The van der Waals surface area contributed by atoms with Crippen molar-refractivity contribution in [3.8, 4) is 28.4 Å². The summed E-state index contributed by atoms with van der Waals surface area (Å²) in [6, 6.07) is 7.11. The lowest BCUT2D eigenvalue weighted by Gasteiger charge is -2.19. The highest BCUT2D eigenvalue weighted by Gasteiger charge is 2.29. The molecule has 0 spiro atoms. The Morgan fingerprint density at radius 2 is 1.63 bits per heavy atom. The molecule has 0 aliphatic heterocycles. The molecule has 1 saturated carbocycles. The van der Waals surface area contributed by atoms with Gasteiger partial charge >= 0.3 is 0 Å². The number of hydrogen-bond donors (Lipinski definition) is 3. The molecule has 3 N–H and O–H groups in total. The molecule has 222 valence electrons. The van der Waals surface area contributed by atoms with Gasteiger partial charge in [0.05, 0.1) is 33.1 Å². The molecule has 2 aromatic carbocycles. The molecule has 41 heavy (non-hydrogen) atoms. The van der Waals surface area contributed by atoms with Gasteiger partial charge in [0.15, 0.2) is 11.5 Å². The summed E-state index contributed by atoms with van der Waals surface area (Å²) >= 11 is 0. The van der Waals surface area contributed by atoms with Gasteiger partial charge in [-0.25, -0.2) is 0 Å². The highest BCUT2D eigenvalue weighted by Crippen LogP contribution is 2.50. The predicted octanol–water partition coefficient (Wildman–Crippen LogP) is 4.89. The van der Waals surface area contributed by atoms with Crippen molar-refractivity contribution in [3.05, 3.63) is 45.6 Å². The minimum Gasteiger partial charge on any atom is -0.493 e. The fourth-order valence-corrected chi connectivity index (χ4v) is 6.05. The third kappa shape index (κ3) is 7.31. The molecule has 4 rings (SSSR count). The Bertz CT molecular complexity index is 1300. The summed E-state index contributed by atoms with van der Waals surface area (Å²) in [5.41, 5.74) is 3.52. The second-order valence-corrected chi connectivity index (χ2v) is 10.9. The Morgan fingerprint density at radius 1 is 0.902 bits per heavy atom. The molecule has 0 radical (unpaired) electrons. The Labute approximate surface area is 242 Å². The number of anilines is 1. The molecular formula is C32H43N3O6. The van der Waals surface area contributed by atoms with E-state index in [4.69, 9.17) is 14.2 Å². The second kappa shape index (κ2) is 14.2. The van der Waals surface area contributed by atoms with Crippen molar-refractivity contribution in [3.63, 3.8) is 0 Å². The summed E-state index contributed by atoms with van der Waals surface area (Å²) in [6.07, 6.45) is 9.21. The summed E-state index contributed by atoms with van der Waals surface area (Å²) in [7, 11) is 4.72. The van der Waals surface area contributed by atoms with Crippen LogP contribution in [0, 0.1) is 0 Å². The van der Waals surface area contributed by atoms with Gasteiger partial charge in [-0.05, 0) is 67.0 Å². The molecule has 2 aliphatic carbocycles. The lowest BCUT2D eigenvalue weighted by Crippen LogP contribution is -2.34. The summed E-state index contributed by atoms with van der Waals surface area (Å²) in [6.45, 7) is 1.96. The molecule has 0 saturated heterocycles. The van der Waals surface area contributed by atoms with Gasteiger partial charge in [0.2, 0.25) is 23.0 Å². The number of rotatable bonds is 10. The number of benzene rings is 1. The first-order valence-corrected chi connectivity index (χ1v) is 14.7. The van der Waals surface area contributed by atoms with Gasteiger partial charge in [0, 0.05) is 31.5 Å². The molecular weight excluding hydrogens is 522 g/mol. The first-order valence-electron chi connectivity index (χ1n) is 14.7. The molecule has 1 atom stereocenters. The zero-order valence-corrected chi connectivity index (χ0v) is 24.7. The Hall–Kier alpha value is -3.75. The van der Waals surface area contributed by atoms with Crippen LogP contribution in [0.15, 0.2) is 29.1 Å². The number of carbonyl (C=O) groups excluding carboxylic acids is 2. The average molecular weight is 566 g/mol. The quantitative estimate of drug-likeness (QED) is 0.277. The minimum absolute atomic E-state index is 0.0672. The van der Waals surface area contributed by atoms with E-state index in [9.17, 15) is 14.4 Å². The monoisotopic (exact) mass is 565 g/mol. The molecule has 1 fully saturated rings. The summed E-state index contributed by atoms with van der Waals surface area (Å²) < 4.78 is 17.1. The number of methoxy groups -OCH3 is 3. The number of nitrogens with one attached hydrogen (secondary N) is 3. The van der Waals surface area contributed by atoms with E-state index in [-0.39, 0.29) is 29.3 Å². The van der Waals surface area contributed by atoms with Crippen LogP contribution >= 0.6 is 0 Å². The fourth-order valence-electron chi connectivity index (χ4n) is 6.05. The first-order chi connectivity index (χ1) is 19.9. The predicted molar refractivity (Wildman–Crippen MR) is 160 cm³/mol. The van der Waals surface area contributed by atoms with E-state index in [2.05, 4.69) is 16.0 Å². The van der Waals surface area contributed by atoms with E-state index in [1.807, 2.05) is 12.1 Å². The fraction of sp³-hybridized carbons (Fsp3) is 0.531. The maximum absolute atomic E-state index is 13.4. The molecule has 2 aliphatic rings. The number of hydrogen-bond acceptors (Lipinski definition) is 7. The summed E-state index contributed by atoms with van der Waals surface area (Å²) in [5.74, 6) is 1.43. The zero-order chi connectivity index (χ0) is 29.4. The van der Waals surface area contributed by atoms with Crippen molar-refractivity contribution >= 4 is 17.5 Å². The van der Waals surface area contributed by atoms with Crippen molar-refractivity contribution in [1.29, 1.82) is 0 Å². The van der Waals surface area contributed by atoms with Gasteiger partial charge in [0.1, 0.15) is 0 Å². The van der Waals surface area contributed by atoms with Crippen LogP contribution in [-0.2, 0) is 16.0 Å². The van der Waals surface area contributed by atoms with E-state index >= 15 is 0 Å². The van der Waals surface area contributed by atoms with Crippen LogP contribution in [0.1, 0.15) is 81.9 Å². The normalized spacial score (nSPS) is 16.7. The topological polar surface area (TPSA) is 115 Å². The van der Waals surface area contributed by atoms with Crippen LogP contribution < -0.4 is 35.6 Å². The van der Waals surface area contributed by atoms with Gasteiger partial charge in [-0.15, -0.1) is 0 Å². The van der Waals surface area contributed by atoms with E-state index in [1.165, 1.54) is 32.6 Å². The Kier molecular flexibility index (Phi) is 10.5. The maximum Gasteiger partial charge on any atom is 0.220 e. The lowest BCUT2D eigenvalue weighted by molar-refractivity contribution is -0.122. The molecule has 9 nitrogen and oxygen atoms in total. The number of ether oxygens (including phenoxy) is 3. The standard InChI is InChI=1S/C32H43N3O6/c1-20(36)34-25-15-13-21-18-28(39-2)31(40-3)32(41-4)30(21)23-14-16-26(27(37)19-24(23)25)33-17-9-12-29(38)35-22-10-7-5-6-8-11-22/h14,16,18-19,22,25H,5-13,15,17H2,1-4H3,(H,33,37)(H,34,36)(H,35,38)/t25-/m0/s1. The van der Waals surface area contributed by atoms with Crippen LogP contribution in [0.4, 0.5) is 5.69 Å². The van der Waals surface area contributed by atoms with Gasteiger partial charge in [-0.1, -0.05) is 31.7 Å². The minimum atomic E-state index is -0.364. The molecule has 0 bridgehead atoms. The molecule has 2 amide bonds. The largest absolute Gasteiger partial charge is 0.493 e. The van der Waals surface area contributed by atoms with E-state index < -0.39 is 0 Å². The van der Waals surface area contributed by atoms with E-state index in [1.54, 1.807) is 33.5 Å². The number of carbonyl (C=O) groups is 2. The van der Waals surface area contributed by atoms with Gasteiger partial charge < -0.3 is 30.2 Å². The van der Waals surface area contributed by atoms with Crippen molar-refractivity contribution < 1.29 is 23.8 Å². The molecule has 0 aromatic heterocycles. The Balaban J connectivity index is 1.60. The van der Waals surface area contributed by atoms with Crippen LogP contribution in [0.2, 0.25) is 0 Å². The van der Waals surface area contributed by atoms with Crippen LogP contribution in [0.25, 0.3) is 11.1 Å². The number of aryl methyl sites for hydroxylation is 1. The van der Waals surface area contributed by atoms with Gasteiger partial charge in [0.25, 0.3) is 0 Å². The third-order valence-electron chi connectivity index (χ3n) is 8.03. The number of fused-ring (bicyclic) bond motifs is 3. The second-order valence-electron chi connectivity index (χ2n) is 10.9. The van der Waals surface area contributed by atoms with Crippen molar-refractivity contribution in [2.24, 2.45) is 0 Å². The smallest absolute Gasteiger partial charge is 0.220 e. The third-order valence-corrected chi connectivity index (χ3v) is 8.03. The van der Waals surface area contributed by atoms with Crippen LogP contribution in [-0.4, -0.2) is 45.7 Å². The van der Waals surface area contributed by atoms with Crippen molar-refractivity contribution in [1.82, 2.24) is 10.6 Å². The van der Waals surface area contributed by atoms with Crippen LogP contribution in [0.3, 0.4) is 0 Å². The zero-order valence-electron chi connectivity index (χ0n) is 24.7. The Morgan fingerprint density at radius 3 is 2.29 bits per heavy atom. The van der Waals surface area contributed by atoms with Gasteiger partial charge in [-0.2, -0.15) is 0 Å². The summed E-state index contributed by atoms with van der Waals surface area (Å²) in [4.78, 5) is 38.0. The van der Waals surface area contributed by atoms with Crippen molar-refractivity contribution in [2.45, 2.75) is 83.2 Å². The lowest BCUT2D eigenvalue weighted by atomic mass is 9.95. The highest BCUT2D eigenvalue weighted by atomic mass is 16.5. The molecule has 0 heterocycles. The van der Waals surface area contributed by atoms with Crippen LogP contribution in [0.5, 0.6) is 17.2 Å². The van der Waals surface area contributed by atoms with E-state index in [0.29, 0.717) is 60.7 Å². The number of amides is 2. The van der Waals surface area contributed by atoms with E-state index in [0.717, 1.165) is 29.5 Å². The maximum atomic E-state index is 13.4. The van der Waals surface area contributed by atoms with Gasteiger partial charge in [-0.3, -0.25) is 14.4 Å². The molecule has 9 heteroatoms. The van der Waals surface area contributed by atoms with Crippen molar-refractivity contribution in [2.75, 3.05) is 33.2 Å². The molecule has 2 aromatic rings. The summed E-state index contributed by atoms with van der Waals surface area (Å²) in [5, 5.41) is 9.44. The SMILES string of the molecule is COc1cc2c(c(OC)c1OC)-c1ccc(NCCCC(=O)NC3CCCCCC3)c(=O)cc1[C@@H](NC(C)=O)CC2. The highest BCUT2D eigenvalue weighted by molar-refractivity contribution is 5.83. The molecule has 0 unspecified atom stereocenters. The first kappa shape index (κ1) is 30.2.